The number of benzene rings is 1. The van der Waals surface area contributed by atoms with E-state index in [9.17, 15) is 5.11 Å². The van der Waals surface area contributed by atoms with Crippen molar-refractivity contribution in [2.75, 3.05) is 0 Å². The van der Waals surface area contributed by atoms with Crippen molar-refractivity contribution in [3.8, 4) is 0 Å². The van der Waals surface area contributed by atoms with Gasteiger partial charge in [-0.2, -0.15) is 0 Å². The van der Waals surface area contributed by atoms with Gasteiger partial charge in [0.25, 0.3) is 0 Å². The van der Waals surface area contributed by atoms with Crippen molar-refractivity contribution in [2.24, 2.45) is 5.92 Å². The van der Waals surface area contributed by atoms with Crippen LogP contribution in [0.3, 0.4) is 0 Å². The highest BCUT2D eigenvalue weighted by atomic mass is 16.3. The lowest BCUT2D eigenvalue weighted by atomic mass is 9.83. The predicted molar refractivity (Wildman–Crippen MR) is 74.5 cm³/mol. The normalized spacial score (nSPS) is 14.8. The number of aliphatic hydroxyl groups is 1. The summed E-state index contributed by atoms with van der Waals surface area (Å²) in [7, 11) is 0. The maximum absolute atomic E-state index is 10.5. The minimum Gasteiger partial charge on any atom is -0.388 e. The summed E-state index contributed by atoms with van der Waals surface area (Å²) in [5.41, 5.74) is 7.69. The van der Waals surface area contributed by atoms with Crippen molar-refractivity contribution >= 4 is 0 Å². The van der Waals surface area contributed by atoms with Gasteiger partial charge in [-0.25, -0.2) is 0 Å². The van der Waals surface area contributed by atoms with Gasteiger partial charge in [0.2, 0.25) is 0 Å². The van der Waals surface area contributed by atoms with Gasteiger partial charge in [0, 0.05) is 0 Å². The second-order valence-electron chi connectivity index (χ2n) is 5.37. The molecule has 1 heteroatoms. The molecule has 96 valence electrons. The summed E-state index contributed by atoms with van der Waals surface area (Å²) in [6, 6.07) is 0. The average molecular weight is 234 g/mol. The van der Waals surface area contributed by atoms with Crippen molar-refractivity contribution in [2.45, 2.75) is 61.0 Å². The highest BCUT2D eigenvalue weighted by Crippen LogP contribution is 2.34. The summed E-state index contributed by atoms with van der Waals surface area (Å²) in [5.74, 6) is 0.314. The Kier molecular flexibility index (Phi) is 4.37. The summed E-state index contributed by atoms with van der Waals surface area (Å²) in [6.07, 6.45) is 0.671. The van der Waals surface area contributed by atoms with Gasteiger partial charge in [0.05, 0.1) is 6.10 Å². The van der Waals surface area contributed by atoms with E-state index in [1.54, 1.807) is 0 Å². The first kappa shape index (κ1) is 14.2. The smallest absolute Gasteiger partial charge is 0.0820 e. The highest BCUT2D eigenvalue weighted by molar-refractivity contribution is 5.50. The fourth-order valence-electron chi connectivity index (χ4n) is 2.48. The Bertz CT molecular complexity index is 389. The van der Waals surface area contributed by atoms with Gasteiger partial charge in [-0.1, -0.05) is 20.3 Å². The van der Waals surface area contributed by atoms with Gasteiger partial charge in [-0.15, -0.1) is 0 Å². The largest absolute Gasteiger partial charge is 0.388 e. The summed E-state index contributed by atoms with van der Waals surface area (Å²) < 4.78 is 0. The molecule has 1 aromatic carbocycles. The predicted octanol–water partition coefficient (Wildman–Crippen LogP) is 4.31. The molecule has 1 rings (SSSR count). The van der Waals surface area contributed by atoms with E-state index >= 15 is 0 Å². The van der Waals surface area contributed by atoms with Crippen LogP contribution in [-0.2, 0) is 0 Å². The average Bonchev–Trinajstić information content (AvgIpc) is 2.32. The van der Waals surface area contributed by atoms with E-state index in [-0.39, 0.29) is 6.10 Å². The maximum atomic E-state index is 10.5. The lowest BCUT2D eigenvalue weighted by molar-refractivity contribution is 0.114. The van der Waals surface area contributed by atoms with E-state index in [0.29, 0.717) is 5.92 Å². The summed E-state index contributed by atoms with van der Waals surface area (Å²) in [6.45, 7) is 15.0. The summed E-state index contributed by atoms with van der Waals surface area (Å²) in [5, 5.41) is 10.5. The Morgan fingerprint density at radius 3 is 1.53 bits per heavy atom. The van der Waals surface area contributed by atoms with Crippen LogP contribution >= 0.6 is 0 Å². The van der Waals surface area contributed by atoms with Crippen LogP contribution < -0.4 is 0 Å². The molecule has 0 spiro atoms. The molecule has 2 unspecified atom stereocenters. The van der Waals surface area contributed by atoms with Crippen molar-refractivity contribution < 1.29 is 5.11 Å². The van der Waals surface area contributed by atoms with Crippen molar-refractivity contribution in [1.82, 2.24) is 0 Å². The van der Waals surface area contributed by atoms with Gasteiger partial charge >= 0.3 is 0 Å². The van der Waals surface area contributed by atoms with Crippen molar-refractivity contribution in [3.05, 3.63) is 33.4 Å². The van der Waals surface area contributed by atoms with E-state index in [0.717, 1.165) is 12.0 Å². The lowest BCUT2D eigenvalue weighted by Crippen LogP contribution is -2.14. The Hall–Kier alpha value is -0.820. The minimum atomic E-state index is -0.335. The Labute approximate surface area is 106 Å². The molecule has 0 radical (unpaired) electrons. The Morgan fingerprint density at radius 1 is 0.824 bits per heavy atom. The minimum absolute atomic E-state index is 0.314. The second kappa shape index (κ2) is 5.22. The zero-order valence-corrected chi connectivity index (χ0v) is 12.3. The molecule has 0 bridgehead atoms. The van der Waals surface area contributed by atoms with Crippen LogP contribution in [0.4, 0.5) is 0 Å². The molecule has 0 amide bonds. The van der Waals surface area contributed by atoms with Gasteiger partial charge in [-0.05, 0) is 73.9 Å². The number of rotatable bonds is 3. The fourth-order valence-corrected chi connectivity index (χ4v) is 2.48. The van der Waals surface area contributed by atoms with Gasteiger partial charge in [0.15, 0.2) is 0 Å². The van der Waals surface area contributed by atoms with Crippen LogP contribution in [0, 0.1) is 40.5 Å². The molecule has 0 saturated carbocycles. The molecule has 0 fully saturated rings. The topological polar surface area (TPSA) is 20.2 Å². The lowest BCUT2D eigenvalue weighted by Gasteiger charge is -2.25. The molecule has 2 atom stereocenters. The first-order chi connectivity index (χ1) is 7.82. The Balaban J connectivity index is 3.44. The third kappa shape index (κ3) is 2.40. The SMILES string of the molecule is CCC(C)C(O)c1c(C)c(C)c(C)c(C)c1C. The number of hydrogen-bond donors (Lipinski definition) is 1. The molecule has 0 saturated heterocycles. The molecule has 0 heterocycles. The monoisotopic (exact) mass is 234 g/mol. The van der Waals surface area contributed by atoms with Gasteiger partial charge in [-0.3, -0.25) is 0 Å². The third-order valence-electron chi connectivity index (χ3n) is 4.54. The van der Waals surface area contributed by atoms with E-state index in [1.165, 1.54) is 27.8 Å². The quantitative estimate of drug-likeness (QED) is 0.826. The standard InChI is InChI=1S/C16H26O/c1-8-9(2)16(17)15-13(6)11(4)10(3)12(5)14(15)7/h9,16-17H,8H2,1-7H3. The van der Waals surface area contributed by atoms with Gasteiger partial charge < -0.3 is 5.11 Å². The molecule has 1 nitrogen and oxygen atoms in total. The maximum Gasteiger partial charge on any atom is 0.0820 e. The van der Waals surface area contributed by atoms with Crippen LogP contribution in [0.25, 0.3) is 0 Å². The molecule has 17 heavy (non-hydrogen) atoms. The van der Waals surface area contributed by atoms with Crippen LogP contribution in [0.15, 0.2) is 0 Å². The Morgan fingerprint density at radius 2 is 1.18 bits per heavy atom. The molecule has 1 N–H and O–H groups in total. The third-order valence-corrected chi connectivity index (χ3v) is 4.54. The van der Waals surface area contributed by atoms with Crippen LogP contribution in [0.1, 0.15) is 59.8 Å². The first-order valence-corrected chi connectivity index (χ1v) is 6.57. The zero-order valence-electron chi connectivity index (χ0n) is 12.3. The van der Waals surface area contributed by atoms with E-state index in [1.807, 2.05) is 0 Å². The molecule has 0 aliphatic carbocycles. The number of aliphatic hydroxyl groups excluding tert-OH is 1. The van der Waals surface area contributed by atoms with Crippen LogP contribution in [0.5, 0.6) is 0 Å². The summed E-state index contributed by atoms with van der Waals surface area (Å²) >= 11 is 0. The van der Waals surface area contributed by atoms with Crippen LogP contribution in [-0.4, -0.2) is 5.11 Å². The van der Waals surface area contributed by atoms with Crippen LogP contribution in [0.2, 0.25) is 0 Å². The molecule has 0 aliphatic rings. The van der Waals surface area contributed by atoms with Gasteiger partial charge in [0.1, 0.15) is 0 Å². The van der Waals surface area contributed by atoms with E-state index in [2.05, 4.69) is 48.5 Å². The fraction of sp³-hybridized carbons (Fsp3) is 0.625. The second-order valence-corrected chi connectivity index (χ2v) is 5.37. The van der Waals surface area contributed by atoms with Crippen molar-refractivity contribution in [1.29, 1.82) is 0 Å². The highest BCUT2D eigenvalue weighted by Gasteiger charge is 2.22. The molecular weight excluding hydrogens is 208 g/mol. The molecule has 0 aliphatic heterocycles. The van der Waals surface area contributed by atoms with Crippen molar-refractivity contribution in [3.63, 3.8) is 0 Å². The van der Waals surface area contributed by atoms with E-state index < -0.39 is 0 Å². The molecule has 1 aromatic rings. The van der Waals surface area contributed by atoms with E-state index in [4.69, 9.17) is 0 Å². The summed E-state index contributed by atoms with van der Waals surface area (Å²) in [4.78, 5) is 0. The number of hydrogen-bond acceptors (Lipinski definition) is 1. The first-order valence-electron chi connectivity index (χ1n) is 6.57. The zero-order chi connectivity index (χ0) is 13.3. The molecular formula is C16H26O. The molecule has 0 aromatic heterocycles.